The highest BCUT2D eigenvalue weighted by Gasteiger charge is 2.37. The van der Waals surface area contributed by atoms with Gasteiger partial charge in [-0.2, -0.15) is 5.10 Å². The lowest BCUT2D eigenvalue weighted by Gasteiger charge is -2.33. The maximum atomic E-state index is 13.9. The number of rotatable bonds is 5. The van der Waals surface area contributed by atoms with Gasteiger partial charge in [0.1, 0.15) is 5.69 Å². The Morgan fingerprint density at radius 1 is 1.03 bits per heavy atom. The number of para-hydroxylation sites is 1. The first-order valence-corrected chi connectivity index (χ1v) is 13.4. The van der Waals surface area contributed by atoms with E-state index in [1.165, 1.54) is 0 Å². The van der Waals surface area contributed by atoms with Crippen LogP contribution in [0, 0.1) is 0 Å². The van der Waals surface area contributed by atoms with Gasteiger partial charge in [-0.25, -0.2) is 0 Å². The second kappa shape index (κ2) is 11.3. The maximum absolute atomic E-state index is 13.9. The fourth-order valence-electron chi connectivity index (χ4n) is 5.79. The number of benzene rings is 1. The Balaban J connectivity index is 1.52. The second-order valence-electron chi connectivity index (χ2n) is 10.2. The number of fused-ring (bicyclic) bond motifs is 3. The topological polar surface area (TPSA) is 74.6 Å². The highest BCUT2D eigenvalue weighted by Crippen LogP contribution is 2.32. The number of carbonyl (C=O) groups is 2. The summed E-state index contributed by atoms with van der Waals surface area (Å²) in [6.45, 7) is 7.00. The highest BCUT2D eigenvalue weighted by molar-refractivity contribution is 5.94. The summed E-state index contributed by atoms with van der Waals surface area (Å²) in [6, 6.07) is 14.4. The molecule has 0 aliphatic carbocycles. The standard InChI is InChI=1S/C29H36N6O2/c1-3-15-33-16-13-27(31-33)29(37)32-20-24-8-4-5-9-28(24)34(22(2)36)17-12-25-10-11-26(21-32)35(25)19-23-7-6-14-30-18-23/h4-9,13-14,16,18,25-26H,3,10-12,15,17,19-21H2,1-2H3. The molecular weight excluding hydrogens is 464 g/mol. The van der Waals surface area contributed by atoms with Crippen molar-refractivity contribution in [3.63, 3.8) is 0 Å². The molecule has 0 radical (unpaired) electrons. The molecular formula is C29H36N6O2. The first kappa shape index (κ1) is 25.1. The van der Waals surface area contributed by atoms with Gasteiger partial charge in [0.25, 0.3) is 5.91 Å². The molecule has 0 saturated carbocycles. The Kier molecular flexibility index (Phi) is 7.65. The average molecular weight is 501 g/mol. The molecule has 0 spiro atoms. The predicted octanol–water partition coefficient (Wildman–Crippen LogP) is 4.12. The van der Waals surface area contributed by atoms with Gasteiger partial charge in [-0.15, -0.1) is 0 Å². The molecule has 2 atom stereocenters. The van der Waals surface area contributed by atoms with E-state index in [9.17, 15) is 9.59 Å². The lowest BCUT2D eigenvalue weighted by Crippen LogP contribution is -2.45. The van der Waals surface area contributed by atoms with Crippen LogP contribution in [0.2, 0.25) is 0 Å². The van der Waals surface area contributed by atoms with Gasteiger partial charge < -0.3 is 9.80 Å². The molecule has 2 bridgehead atoms. The van der Waals surface area contributed by atoms with Crippen LogP contribution in [0.3, 0.4) is 0 Å². The van der Waals surface area contributed by atoms with Gasteiger partial charge in [0.2, 0.25) is 5.91 Å². The summed E-state index contributed by atoms with van der Waals surface area (Å²) in [4.78, 5) is 37.3. The van der Waals surface area contributed by atoms with Crippen LogP contribution < -0.4 is 4.90 Å². The highest BCUT2D eigenvalue weighted by atomic mass is 16.2. The molecule has 2 amide bonds. The van der Waals surface area contributed by atoms with E-state index in [0.717, 1.165) is 55.6 Å². The zero-order valence-corrected chi connectivity index (χ0v) is 21.8. The monoisotopic (exact) mass is 500 g/mol. The first-order chi connectivity index (χ1) is 18.0. The molecule has 4 heterocycles. The number of hydrogen-bond acceptors (Lipinski definition) is 5. The van der Waals surface area contributed by atoms with Gasteiger partial charge in [-0.05, 0) is 55.0 Å². The summed E-state index contributed by atoms with van der Waals surface area (Å²) in [6.07, 6.45) is 9.51. The van der Waals surface area contributed by atoms with E-state index in [4.69, 9.17) is 0 Å². The van der Waals surface area contributed by atoms with E-state index in [1.54, 1.807) is 13.1 Å². The van der Waals surface area contributed by atoms with E-state index in [1.807, 2.05) is 63.3 Å². The third-order valence-electron chi connectivity index (χ3n) is 7.60. The molecule has 8 heteroatoms. The van der Waals surface area contributed by atoms with Crippen molar-refractivity contribution in [2.45, 2.75) is 71.2 Å². The average Bonchev–Trinajstić information content (AvgIpc) is 3.51. The zero-order chi connectivity index (χ0) is 25.8. The van der Waals surface area contributed by atoms with Crippen molar-refractivity contribution in [3.8, 4) is 0 Å². The van der Waals surface area contributed by atoms with Crippen LogP contribution in [-0.4, -0.2) is 61.6 Å². The molecule has 8 nitrogen and oxygen atoms in total. The number of amides is 2. The van der Waals surface area contributed by atoms with E-state index >= 15 is 0 Å². The fourth-order valence-corrected chi connectivity index (χ4v) is 5.79. The largest absolute Gasteiger partial charge is 0.331 e. The molecule has 2 unspecified atom stereocenters. The molecule has 2 aromatic heterocycles. The van der Waals surface area contributed by atoms with Gasteiger partial charge in [0.15, 0.2) is 0 Å². The van der Waals surface area contributed by atoms with Crippen molar-refractivity contribution < 1.29 is 9.59 Å². The summed E-state index contributed by atoms with van der Waals surface area (Å²) in [5.74, 6) is -0.0423. The summed E-state index contributed by atoms with van der Waals surface area (Å²) in [7, 11) is 0. The number of anilines is 1. The molecule has 5 rings (SSSR count). The Labute approximate surface area is 218 Å². The van der Waals surface area contributed by atoms with Crippen LogP contribution in [0.15, 0.2) is 61.1 Å². The van der Waals surface area contributed by atoms with Crippen molar-refractivity contribution in [3.05, 3.63) is 77.9 Å². The summed E-state index contributed by atoms with van der Waals surface area (Å²) >= 11 is 0. The van der Waals surface area contributed by atoms with Gasteiger partial charge in [0, 0.05) is 76.0 Å². The minimum Gasteiger partial charge on any atom is -0.331 e. The minimum absolute atomic E-state index is 0.0243. The number of hydrogen-bond donors (Lipinski definition) is 0. The molecule has 1 saturated heterocycles. The smallest absolute Gasteiger partial charge is 0.274 e. The third-order valence-corrected chi connectivity index (χ3v) is 7.60. The molecule has 1 aromatic carbocycles. The molecule has 2 aliphatic heterocycles. The number of carbonyl (C=O) groups excluding carboxylic acids is 2. The summed E-state index contributed by atoms with van der Waals surface area (Å²) < 4.78 is 1.84. The van der Waals surface area contributed by atoms with Crippen molar-refractivity contribution in [2.75, 3.05) is 18.0 Å². The van der Waals surface area contributed by atoms with Gasteiger partial charge in [-0.3, -0.25) is 24.2 Å². The first-order valence-electron chi connectivity index (χ1n) is 13.4. The Morgan fingerprint density at radius 3 is 2.65 bits per heavy atom. The Morgan fingerprint density at radius 2 is 1.86 bits per heavy atom. The number of aryl methyl sites for hydroxylation is 1. The van der Waals surface area contributed by atoms with Crippen LogP contribution in [0.25, 0.3) is 0 Å². The number of nitrogens with zero attached hydrogens (tertiary/aromatic N) is 6. The molecule has 3 aromatic rings. The van der Waals surface area contributed by atoms with Gasteiger partial charge >= 0.3 is 0 Å². The fraction of sp³-hybridized carbons (Fsp3) is 0.448. The molecule has 1 fully saturated rings. The van der Waals surface area contributed by atoms with E-state index in [-0.39, 0.29) is 17.9 Å². The second-order valence-corrected chi connectivity index (χ2v) is 10.2. The Bertz CT molecular complexity index is 1230. The van der Waals surface area contributed by atoms with Crippen molar-refractivity contribution >= 4 is 17.5 Å². The quantitative estimate of drug-likeness (QED) is 0.527. The van der Waals surface area contributed by atoms with Gasteiger partial charge in [-0.1, -0.05) is 31.2 Å². The summed E-state index contributed by atoms with van der Waals surface area (Å²) in [5, 5.41) is 4.58. The predicted molar refractivity (Wildman–Crippen MR) is 143 cm³/mol. The van der Waals surface area contributed by atoms with E-state index in [2.05, 4.69) is 28.0 Å². The van der Waals surface area contributed by atoms with Crippen molar-refractivity contribution in [2.24, 2.45) is 0 Å². The van der Waals surface area contributed by atoms with Crippen molar-refractivity contribution in [1.29, 1.82) is 0 Å². The summed E-state index contributed by atoms with van der Waals surface area (Å²) in [5.41, 5.74) is 3.51. The number of pyridine rings is 1. The van der Waals surface area contributed by atoms with Crippen LogP contribution >= 0.6 is 0 Å². The molecule has 0 N–H and O–H groups in total. The molecule has 2 aliphatic rings. The minimum atomic E-state index is -0.0666. The zero-order valence-electron chi connectivity index (χ0n) is 21.8. The van der Waals surface area contributed by atoms with Crippen LogP contribution in [-0.2, 0) is 24.4 Å². The van der Waals surface area contributed by atoms with Crippen LogP contribution in [0.4, 0.5) is 5.69 Å². The maximum Gasteiger partial charge on any atom is 0.274 e. The van der Waals surface area contributed by atoms with Gasteiger partial charge in [0.05, 0.1) is 0 Å². The van der Waals surface area contributed by atoms with Crippen LogP contribution in [0.5, 0.6) is 0 Å². The number of aromatic nitrogens is 3. The normalized spacial score (nSPS) is 20.4. The van der Waals surface area contributed by atoms with Crippen LogP contribution in [0.1, 0.15) is 61.1 Å². The van der Waals surface area contributed by atoms with E-state index in [0.29, 0.717) is 31.4 Å². The third kappa shape index (κ3) is 5.59. The van der Waals surface area contributed by atoms with Crippen molar-refractivity contribution in [1.82, 2.24) is 24.6 Å². The Hall–Kier alpha value is -3.52. The SMILES string of the molecule is CCCn1ccc(C(=O)N2Cc3ccccc3N(C(C)=O)CCC3CCC(C2)N3Cc2cccnc2)n1. The van der Waals surface area contributed by atoms with E-state index < -0.39 is 0 Å². The molecule has 37 heavy (non-hydrogen) atoms. The lowest BCUT2D eigenvalue weighted by atomic mass is 10.1. The lowest BCUT2D eigenvalue weighted by molar-refractivity contribution is -0.116. The molecule has 194 valence electrons.